The molecule has 1 rings (SSSR count). The van der Waals surface area contributed by atoms with Crippen LogP contribution in [0.15, 0.2) is 33.7 Å². The molecule has 1 aromatic carbocycles. The molecule has 5 heteroatoms. The second kappa shape index (κ2) is 6.44. The number of ether oxygens (including phenoxy) is 1. The summed E-state index contributed by atoms with van der Waals surface area (Å²) in [6.07, 6.45) is 0. The fourth-order valence-electron chi connectivity index (χ4n) is 1.52. The Morgan fingerprint density at radius 2 is 2.06 bits per heavy atom. The molecule has 1 unspecified atom stereocenters. The molecule has 0 fully saturated rings. The van der Waals surface area contributed by atoms with E-state index in [0.717, 1.165) is 4.47 Å². The Hall–Kier alpha value is -1.49. The summed E-state index contributed by atoms with van der Waals surface area (Å²) in [5.74, 6) is -1.89. The van der Waals surface area contributed by atoms with Gasteiger partial charge in [0.25, 0.3) is 0 Å². The van der Waals surface area contributed by atoms with Crippen molar-refractivity contribution >= 4 is 33.4 Å². The lowest BCUT2D eigenvalue weighted by molar-refractivity contribution is -0.141. The van der Waals surface area contributed by atoms with Crippen LogP contribution in [-0.4, -0.2) is 31.6 Å². The van der Waals surface area contributed by atoms with Gasteiger partial charge in [-0.15, -0.1) is 0 Å². The van der Waals surface area contributed by atoms with E-state index in [9.17, 15) is 9.59 Å². The van der Waals surface area contributed by atoms with Crippen molar-refractivity contribution in [3.8, 4) is 0 Å². The van der Waals surface area contributed by atoms with Gasteiger partial charge in [-0.2, -0.15) is 0 Å². The van der Waals surface area contributed by atoms with Crippen molar-refractivity contribution in [2.24, 2.45) is 10.9 Å². The van der Waals surface area contributed by atoms with Crippen molar-refractivity contribution in [2.75, 3.05) is 14.2 Å². The summed E-state index contributed by atoms with van der Waals surface area (Å²) in [5.41, 5.74) is 0.884. The summed E-state index contributed by atoms with van der Waals surface area (Å²) in [7, 11) is 2.80. The number of carbonyl (C=O) groups is 2. The number of nitrogens with zero attached hydrogens (tertiary/aromatic N) is 1. The maximum Gasteiger partial charge on any atom is 0.322 e. The number of methoxy groups -OCH3 is 1. The first-order valence-electron chi connectivity index (χ1n) is 5.32. The van der Waals surface area contributed by atoms with Gasteiger partial charge in [0.15, 0.2) is 11.7 Å². The molecule has 0 aromatic heterocycles. The van der Waals surface area contributed by atoms with Crippen LogP contribution in [0.5, 0.6) is 0 Å². The quantitative estimate of drug-likeness (QED) is 0.371. The fraction of sp³-hybridized carbons (Fsp3) is 0.308. The van der Waals surface area contributed by atoms with Gasteiger partial charge in [-0.3, -0.25) is 14.6 Å². The molecule has 0 spiro atoms. The van der Waals surface area contributed by atoms with E-state index in [-0.39, 0.29) is 5.78 Å². The van der Waals surface area contributed by atoms with Crippen LogP contribution in [0.3, 0.4) is 0 Å². The van der Waals surface area contributed by atoms with Crippen molar-refractivity contribution in [3.63, 3.8) is 0 Å². The number of halogens is 1. The second-order valence-corrected chi connectivity index (χ2v) is 4.61. The first kappa shape index (κ1) is 14.6. The van der Waals surface area contributed by atoms with Crippen LogP contribution in [0.2, 0.25) is 0 Å². The highest BCUT2D eigenvalue weighted by Gasteiger charge is 2.31. The zero-order chi connectivity index (χ0) is 13.7. The third-order valence-corrected chi connectivity index (χ3v) is 3.07. The Balaban J connectivity index is 3.15. The Bertz CT molecular complexity index is 497. The van der Waals surface area contributed by atoms with E-state index in [1.807, 2.05) is 6.07 Å². The van der Waals surface area contributed by atoms with E-state index in [4.69, 9.17) is 0 Å². The third-order valence-electron chi connectivity index (χ3n) is 2.58. The molecule has 0 amide bonds. The van der Waals surface area contributed by atoms with E-state index in [0.29, 0.717) is 11.3 Å². The monoisotopic (exact) mass is 311 g/mol. The molecule has 1 atom stereocenters. The van der Waals surface area contributed by atoms with Gasteiger partial charge in [-0.25, -0.2) is 0 Å². The van der Waals surface area contributed by atoms with Crippen LogP contribution in [0.4, 0.5) is 0 Å². The lowest BCUT2D eigenvalue weighted by Crippen LogP contribution is -2.31. The van der Waals surface area contributed by atoms with Crippen LogP contribution in [0.1, 0.15) is 17.3 Å². The highest BCUT2D eigenvalue weighted by atomic mass is 79.9. The van der Waals surface area contributed by atoms with Gasteiger partial charge < -0.3 is 4.74 Å². The van der Waals surface area contributed by atoms with Gasteiger partial charge >= 0.3 is 5.97 Å². The average Bonchev–Trinajstić information content (AvgIpc) is 2.38. The standard InChI is InChI=1S/C13H14BrNO3/c1-8(15-2)11(13(17)18-3)12(16)9-5-4-6-10(14)7-9/h4-7,11H,1-3H3. The maximum absolute atomic E-state index is 12.3. The molecule has 0 aliphatic heterocycles. The lowest BCUT2D eigenvalue weighted by Gasteiger charge is -2.13. The minimum absolute atomic E-state index is 0.314. The van der Waals surface area contributed by atoms with E-state index in [2.05, 4.69) is 25.7 Å². The number of benzene rings is 1. The summed E-state index contributed by atoms with van der Waals surface area (Å²) in [6, 6.07) is 6.88. The second-order valence-electron chi connectivity index (χ2n) is 3.70. The lowest BCUT2D eigenvalue weighted by atomic mass is 9.94. The van der Waals surface area contributed by atoms with Crippen molar-refractivity contribution in [2.45, 2.75) is 6.92 Å². The smallest absolute Gasteiger partial charge is 0.322 e. The number of Topliss-reactive ketones (excluding diaryl/α,β-unsaturated/α-hetero) is 1. The largest absolute Gasteiger partial charge is 0.468 e. The molecule has 0 aliphatic rings. The number of carbonyl (C=O) groups excluding carboxylic acids is 2. The predicted octanol–water partition coefficient (Wildman–Crippen LogP) is 2.51. The number of hydrogen-bond donors (Lipinski definition) is 0. The Kier molecular flexibility index (Phi) is 5.22. The molecular weight excluding hydrogens is 298 g/mol. The van der Waals surface area contributed by atoms with Crippen molar-refractivity contribution in [1.29, 1.82) is 0 Å². The normalized spacial score (nSPS) is 13.0. The molecule has 96 valence electrons. The summed E-state index contributed by atoms with van der Waals surface area (Å²) in [4.78, 5) is 27.9. The average molecular weight is 312 g/mol. The van der Waals surface area contributed by atoms with Crippen LogP contribution < -0.4 is 0 Å². The summed E-state index contributed by atoms with van der Waals surface area (Å²) in [6.45, 7) is 1.64. The molecule has 0 aliphatic carbocycles. The first-order chi connectivity index (χ1) is 8.51. The number of ketones is 1. The van der Waals surface area contributed by atoms with Crippen LogP contribution in [0, 0.1) is 5.92 Å². The molecule has 0 heterocycles. The van der Waals surface area contributed by atoms with E-state index < -0.39 is 11.9 Å². The molecule has 4 nitrogen and oxygen atoms in total. The van der Waals surface area contributed by atoms with Gasteiger partial charge in [-0.05, 0) is 19.1 Å². The topological polar surface area (TPSA) is 55.7 Å². The van der Waals surface area contributed by atoms with Gasteiger partial charge in [0.2, 0.25) is 0 Å². The van der Waals surface area contributed by atoms with Gasteiger partial charge in [0.05, 0.1) is 7.11 Å². The third kappa shape index (κ3) is 3.26. The van der Waals surface area contributed by atoms with E-state index >= 15 is 0 Å². The Morgan fingerprint density at radius 3 is 2.56 bits per heavy atom. The van der Waals surface area contributed by atoms with Gasteiger partial charge in [0.1, 0.15) is 0 Å². The minimum atomic E-state index is -0.978. The van der Waals surface area contributed by atoms with E-state index in [1.54, 1.807) is 32.2 Å². The Labute approximate surface area is 114 Å². The SMILES string of the molecule is CN=C(C)C(C(=O)OC)C(=O)c1cccc(Br)c1. The van der Waals surface area contributed by atoms with Crippen molar-refractivity contribution in [1.82, 2.24) is 0 Å². The van der Waals surface area contributed by atoms with E-state index in [1.165, 1.54) is 7.11 Å². The molecule has 0 radical (unpaired) electrons. The van der Waals surface area contributed by atoms with Crippen LogP contribution >= 0.6 is 15.9 Å². The number of aliphatic imine (C=N–C) groups is 1. The molecule has 18 heavy (non-hydrogen) atoms. The zero-order valence-corrected chi connectivity index (χ0v) is 12.0. The Morgan fingerprint density at radius 1 is 1.39 bits per heavy atom. The highest BCUT2D eigenvalue weighted by Crippen LogP contribution is 2.17. The highest BCUT2D eigenvalue weighted by molar-refractivity contribution is 9.10. The van der Waals surface area contributed by atoms with Crippen molar-refractivity contribution in [3.05, 3.63) is 34.3 Å². The van der Waals surface area contributed by atoms with Crippen LogP contribution in [0.25, 0.3) is 0 Å². The number of hydrogen-bond acceptors (Lipinski definition) is 4. The summed E-state index contributed by atoms with van der Waals surface area (Å²) < 4.78 is 5.44. The van der Waals surface area contributed by atoms with Crippen LogP contribution in [-0.2, 0) is 9.53 Å². The molecule has 0 bridgehead atoms. The van der Waals surface area contributed by atoms with Crippen molar-refractivity contribution < 1.29 is 14.3 Å². The number of esters is 1. The number of rotatable bonds is 4. The predicted molar refractivity (Wildman–Crippen MR) is 73.0 cm³/mol. The summed E-state index contributed by atoms with van der Waals surface area (Å²) in [5, 5.41) is 0. The molecule has 1 aromatic rings. The molecule has 0 saturated carbocycles. The summed E-state index contributed by atoms with van der Waals surface area (Å²) >= 11 is 3.29. The molecule has 0 saturated heterocycles. The molecular formula is C13H14BrNO3. The zero-order valence-electron chi connectivity index (χ0n) is 10.4. The van der Waals surface area contributed by atoms with Gasteiger partial charge in [-0.1, -0.05) is 28.1 Å². The molecule has 0 N–H and O–H groups in total. The maximum atomic E-state index is 12.3. The first-order valence-corrected chi connectivity index (χ1v) is 6.11. The minimum Gasteiger partial charge on any atom is -0.468 e. The fourth-order valence-corrected chi connectivity index (χ4v) is 1.92. The van der Waals surface area contributed by atoms with Gasteiger partial charge in [0, 0.05) is 22.8 Å².